The molecule has 9 heteroatoms. The van der Waals surface area contributed by atoms with E-state index in [1.54, 1.807) is 0 Å². The van der Waals surface area contributed by atoms with Crippen molar-refractivity contribution in [2.45, 2.75) is 18.5 Å². The molecule has 0 atom stereocenters. The highest BCUT2D eigenvalue weighted by atomic mass is 19.4. The number of methoxy groups -OCH3 is 1. The third kappa shape index (κ3) is 3.63. The van der Waals surface area contributed by atoms with Gasteiger partial charge in [-0.05, 0) is 0 Å². The fraction of sp³-hybridized carbons (Fsp3) is 0.714. The highest BCUT2D eigenvalue weighted by Gasteiger charge is 2.63. The third-order valence-corrected chi connectivity index (χ3v) is 1.48. The van der Waals surface area contributed by atoms with Gasteiger partial charge in [0.2, 0.25) is 0 Å². The lowest BCUT2D eigenvalue weighted by Crippen LogP contribution is -2.50. The van der Waals surface area contributed by atoms with Gasteiger partial charge in [0, 0.05) is 6.54 Å². The van der Waals surface area contributed by atoms with Crippen molar-refractivity contribution in [1.29, 1.82) is 0 Å². The van der Waals surface area contributed by atoms with Gasteiger partial charge in [0.15, 0.2) is 0 Å². The summed E-state index contributed by atoms with van der Waals surface area (Å²) >= 11 is 0. The van der Waals surface area contributed by atoms with Crippen LogP contribution in [0.2, 0.25) is 0 Å². The summed E-state index contributed by atoms with van der Waals surface area (Å²) in [5, 5.41) is 1.28. The van der Waals surface area contributed by atoms with Crippen LogP contribution in [0.25, 0.3) is 0 Å². The van der Waals surface area contributed by atoms with Crippen LogP contribution in [-0.4, -0.2) is 37.6 Å². The molecule has 0 unspecified atom stereocenters. The maximum atomic E-state index is 12.3. The minimum Gasteiger partial charge on any atom is -0.469 e. The third-order valence-electron chi connectivity index (χ3n) is 1.48. The number of hydrogen-bond donors (Lipinski definition) is 1. The second kappa shape index (κ2) is 5.08. The Balaban J connectivity index is 4.22. The molecule has 0 aromatic carbocycles. The van der Waals surface area contributed by atoms with E-state index in [4.69, 9.17) is 0 Å². The fourth-order valence-electron chi connectivity index (χ4n) is 0.620. The number of ether oxygens (including phenoxy) is 1. The SMILES string of the molecule is COC(=O)CCNC(=O)C(F)(F)C(F)(F)F. The predicted molar refractivity (Wildman–Crippen MR) is 40.6 cm³/mol. The Morgan fingerprint density at radius 2 is 1.69 bits per heavy atom. The average Bonchev–Trinajstić information content (AvgIpc) is 2.15. The van der Waals surface area contributed by atoms with Crippen molar-refractivity contribution in [3.05, 3.63) is 0 Å². The summed E-state index contributed by atoms with van der Waals surface area (Å²) in [6.07, 6.45) is -6.45. The number of amides is 1. The van der Waals surface area contributed by atoms with E-state index in [-0.39, 0.29) is 0 Å². The Morgan fingerprint density at radius 1 is 1.19 bits per heavy atom. The van der Waals surface area contributed by atoms with Crippen LogP contribution in [-0.2, 0) is 14.3 Å². The van der Waals surface area contributed by atoms with Gasteiger partial charge in [-0.2, -0.15) is 22.0 Å². The molecule has 0 saturated carbocycles. The van der Waals surface area contributed by atoms with Gasteiger partial charge in [-0.25, -0.2) is 0 Å². The highest BCUT2D eigenvalue weighted by molar-refractivity contribution is 5.84. The number of rotatable bonds is 4. The van der Waals surface area contributed by atoms with E-state index < -0.39 is 36.9 Å². The molecule has 0 bridgehead atoms. The molecule has 16 heavy (non-hydrogen) atoms. The molecule has 0 radical (unpaired) electrons. The van der Waals surface area contributed by atoms with Gasteiger partial charge >= 0.3 is 18.1 Å². The van der Waals surface area contributed by atoms with Crippen LogP contribution in [0, 0.1) is 0 Å². The molecule has 0 aliphatic rings. The van der Waals surface area contributed by atoms with Crippen molar-refractivity contribution in [3.63, 3.8) is 0 Å². The number of carbonyl (C=O) groups excluding carboxylic acids is 2. The maximum Gasteiger partial charge on any atom is 0.463 e. The molecule has 94 valence electrons. The molecule has 0 aromatic rings. The van der Waals surface area contributed by atoms with Crippen LogP contribution < -0.4 is 5.32 Å². The second-order valence-corrected chi connectivity index (χ2v) is 2.65. The lowest BCUT2D eigenvalue weighted by molar-refractivity contribution is -0.269. The predicted octanol–water partition coefficient (Wildman–Crippen LogP) is 0.863. The summed E-state index contributed by atoms with van der Waals surface area (Å²) in [7, 11) is 1.01. The summed E-state index contributed by atoms with van der Waals surface area (Å²) in [5.74, 6) is -8.80. The number of carbonyl (C=O) groups is 2. The molecule has 0 heterocycles. The topological polar surface area (TPSA) is 55.4 Å². The molecular weight excluding hydrogens is 241 g/mol. The Kier molecular flexibility index (Phi) is 4.63. The number of nitrogens with one attached hydrogen (secondary N) is 1. The Bertz CT molecular complexity index is 276. The Morgan fingerprint density at radius 3 is 2.06 bits per heavy atom. The van der Waals surface area contributed by atoms with Gasteiger partial charge in [0.25, 0.3) is 5.91 Å². The van der Waals surface area contributed by atoms with E-state index >= 15 is 0 Å². The number of esters is 1. The first-order chi connectivity index (χ1) is 7.13. The van der Waals surface area contributed by atoms with Crippen molar-refractivity contribution in [1.82, 2.24) is 5.32 Å². The van der Waals surface area contributed by atoms with Gasteiger partial charge in [-0.3, -0.25) is 9.59 Å². The van der Waals surface area contributed by atoms with Crippen LogP contribution >= 0.6 is 0 Å². The molecule has 0 fully saturated rings. The Labute approximate surface area is 86.7 Å². The highest BCUT2D eigenvalue weighted by Crippen LogP contribution is 2.35. The summed E-state index contributed by atoms with van der Waals surface area (Å²) in [6.45, 7) is -0.656. The van der Waals surface area contributed by atoms with Crippen molar-refractivity contribution in [2.24, 2.45) is 0 Å². The quantitative estimate of drug-likeness (QED) is 0.594. The van der Waals surface area contributed by atoms with E-state index in [9.17, 15) is 31.5 Å². The van der Waals surface area contributed by atoms with Crippen molar-refractivity contribution < 1.29 is 36.3 Å². The van der Waals surface area contributed by atoms with Crippen molar-refractivity contribution >= 4 is 11.9 Å². The summed E-state index contributed by atoms with van der Waals surface area (Å²) in [4.78, 5) is 20.9. The normalized spacial score (nSPS) is 12.1. The van der Waals surface area contributed by atoms with Crippen molar-refractivity contribution in [2.75, 3.05) is 13.7 Å². The zero-order chi connectivity index (χ0) is 13.0. The molecule has 1 amide bonds. The van der Waals surface area contributed by atoms with E-state index in [0.717, 1.165) is 7.11 Å². The van der Waals surface area contributed by atoms with Gasteiger partial charge < -0.3 is 10.1 Å². The molecule has 0 saturated heterocycles. The molecule has 0 aliphatic heterocycles. The summed E-state index contributed by atoms with van der Waals surface area (Å²) < 4.78 is 63.5. The summed E-state index contributed by atoms with van der Waals surface area (Å²) in [6, 6.07) is 0. The smallest absolute Gasteiger partial charge is 0.463 e. The lowest BCUT2D eigenvalue weighted by Gasteiger charge is -2.18. The molecule has 0 aliphatic carbocycles. The van der Waals surface area contributed by atoms with Crippen LogP contribution in [0.3, 0.4) is 0 Å². The minimum absolute atomic E-state index is 0.490. The average molecular weight is 249 g/mol. The fourth-order valence-corrected chi connectivity index (χ4v) is 0.620. The first kappa shape index (κ1) is 14.6. The standard InChI is InChI=1S/C7H8F5NO3/c1-16-4(14)2-3-13-5(15)6(8,9)7(10,11)12/h2-3H2,1H3,(H,13,15). The number of alkyl halides is 5. The van der Waals surface area contributed by atoms with Gasteiger partial charge in [-0.15, -0.1) is 0 Å². The maximum absolute atomic E-state index is 12.3. The molecule has 0 spiro atoms. The van der Waals surface area contributed by atoms with Gasteiger partial charge in [0.05, 0.1) is 13.5 Å². The first-order valence-corrected chi connectivity index (χ1v) is 3.92. The monoisotopic (exact) mass is 249 g/mol. The second-order valence-electron chi connectivity index (χ2n) is 2.65. The van der Waals surface area contributed by atoms with Gasteiger partial charge in [-0.1, -0.05) is 0 Å². The zero-order valence-electron chi connectivity index (χ0n) is 8.03. The summed E-state index contributed by atoms with van der Waals surface area (Å²) in [5.41, 5.74) is 0. The van der Waals surface area contributed by atoms with Crippen molar-refractivity contribution in [3.8, 4) is 0 Å². The van der Waals surface area contributed by atoms with Crippen LogP contribution in [0.4, 0.5) is 22.0 Å². The first-order valence-electron chi connectivity index (χ1n) is 3.92. The molecule has 1 N–H and O–H groups in total. The van der Waals surface area contributed by atoms with E-state index in [1.807, 2.05) is 0 Å². The molecule has 0 aromatic heterocycles. The van der Waals surface area contributed by atoms with E-state index in [0.29, 0.717) is 0 Å². The van der Waals surface area contributed by atoms with E-state index in [1.165, 1.54) is 5.32 Å². The molecule has 0 rings (SSSR count). The van der Waals surface area contributed by atoms with Gasteiger partial charge in [0.1, 0.15) is 0 Å². The lowest BCUT2D eigenvalue weighted by atomic mass is 10.3. The van der Waals surface area contributed by atoms with Crippen LogP contribution in [0.5, 0.6) is 0 Å². The molecule has 4 nitrogen and oxygen atoms in total. The minimum atomic E-state index is -5.96. The zero-order valence-corrected chi connectivity index (χ0v) is 8.03. The van der Waals surface area contributed by atoms with Crippen LogP contribution in [0.1, 0.15) is 6.42 Å². The molecular formula is C7H8F5NO3. The van der Waals surface area contributed by atoms with E-state index in [2.05, 4.69) is 4.74 Å². The Hall–Kier alpha value is -1.41. The number of halogens is 5. The largest absolute Gasteiger partial charge is 0.469 e. The van der Waals surface area contributed by atoms with Crippen LogP contribution in [0.15, 0.2) is 0 Å². The number of hydrogen-bond acceptors (Lipinski definition) is 3.